The summed E-state index contributed by atoms with van der Waals surface area (Å²) in [4.78, 5) is 10.9. The third-order valence-corrected chi connectivity index (χ3v) is 3.96. The van der Waals surface area contributed by atoms with Gasteiger partial charge in [-0.25, -0.2) is 17.9 Å². The number of carboxylic acids is 1. The van der Waals surface area contributed by atoms with Crippen molar-refractivity contribution in [3.8, 4) is 0 Å². The number of hydrogen-bond donors (Lipinski definition) is 2. The van der Waals surface area contributed by atoms with E-state index in [1.165, 1.54) is 19.2 Å². The monoisotopic (exact) mass is 243 g/mol. The molecule has 0 aliphatic rings. The quantitative estimate of drug-likeness (QED) is 0.826. The van der Waals surface area contributed by atoms with E-state index in [0.717, 1.165) is 0 Å². The minimum absolute atomic E-state index is 0.0880. The van der Waals surface area contributed by atoms with Crippen LogP contribution in [0.5, 0.6) is 0 Å². The standard InChI is InChI=1S/C10H13NO4S/c1-6-4-8(10(12)13)5-7(2)9(6)16(14,15)11-3/h4-5,11H,1-3H3,(H,12,13). The molecule has 0 spiro atoms. The van der Waals surface area contributed by atoms with E-state index in [1.54, 1.807) is 13.8 Å². The van der Waals surface area contributed by atoms with Gasteiger partial charge < -0.3 is 5.11 Å². The molecule has 1 rings (SSSR count). The molecule has 0 radical (unpaired) electrons. The van der Waals surface area contributed by atoms with Crippen molar-refractivity contribution in [1.82, 2.24) is 4.72 Å². The Morgan fingerprint density at radius 3 is 2.00 bits per heavy atom. The number of aryl methyl sites for hydroxylation is 2. The molecule has 0 aromatic heterocycles. The van der Waals surface area contributed by atoms with Crippen LogP contribution in [0.4, 0.5) is 0 Å². The molecule has 1 aromatic carbocycles. The Balaban J connectivity index is 3.52. The lowest BCUT2D eigenvalue weighted by molar-refractivity contribution is 0.0696. The van der Waals surface area contributed by atoms with Gasteiger partial charge in [-0.05, 0) is 44.2 Å². The summed E-state index contributed by atoms with van der Waals surface area (Å²) in [6.07, 6.45) is 0. The Labute approximate surface area is 94.2 Å². The molecule has 16 heavy (non-hydrogen) atoms. The van der Waals surface area contributed by atoms with Crippen LogP contribution in [0, 0.1) is 13.8 Å². The predicted octanol–water partition coefficient (Wildman–Crippen LogP) is 0.910. The van der Waals surface area contributed by atoms with E-state index in [1.807, 2.05) is 0 Å². The molecule has 0 heterocycles. The van der Waals surface area contributed by atoms with Crippen molar-refractivity contribution in [2.75, 3.05) is 7.05 Å². The van der Waals surface area contributed by atoms with Gasteiger partial charge in [-0.1, -0.05) is 0 Å². The summed E-state index contributed by atoms with van der Waals surface area (Å²) in [5, 5.41) is 8.82. The van der Waals surface area contributed by atoms with Crippen LogP contribution in [-0.2, 0) is 10.0 Å². The SMILES string of the molecule is CNS(=O)(=O)c1c(C)cc(C(=O)O)cc1C. The van der Waals surface area contributed by atoms with Crippen LogP contribution in [0.1, 0.15) is 21.5 Å². The van der Waals surface area contributed by atoms with E-state index in [4.69, 9.17) is 5.11 Å². The smallest absolute Gasteiger partial charge is 0.335 e. The van der Waals surface area contributed by atoms with Crippen molar-refractivity contribution in [3.05, 3.63) is 28.8 Å². The van der Waals surface area contributed by atoms with Gasteiger partial charge in [0.15, 0.2) is 0 Å². The Kier molecular flexibility index (Phi) is 3.35. The first-order valence-corrected chi connectivity index (χ1v) is 6.06. The highest BCUT2D eigenvalue weighted by Gasteiger charge is 2.19. The van der Waals surface area contributed by atoms with E-state index in [9.17, 15) is 13.2 Å². The molecule has 0 aliphatic heterocycles. The van der Waals surface area contributed by atoms with Gasteiger partial charge in [0.2, 0.25) is 10.0 Å². The van der Waals surface area contributed by atoms with Crippen molar-refractivity contribution < 1.29 is 18.3 Å². The largest absolute Gasteiger partial charge is 0.478 e. The van der Waals surface area contributed by atoms with Crippen molar-refractivity contribution in [2.45, 2.75) is 18.7 Å². The second-order valence-corrected chi connectivity index (χ2v) is 5.28. The lowest BCUT2D eigenvalue weighted by atomic mass is 10.1. The number of aromatic carboxylic acids is 1. The van der Waals surface area contributed by atoms with Gasteiger partial charge in [0.1, 0.15) is 0 Å². The lowest BCUT2D eigenvalue weighted by Crippen LogP contribution is -2.21. The molecular weight excluding hydrogens is 230 g/mol. The second kappa shape index (κ2) is 4.23. The first kappa shape index (κ1) is 12.7. The maximum Gasteiger partial charge on any atom is 0.335 e. The number of rotatable bonds is 3. The summed E-state index contributed by atoms with van der Waals surface area (Å²) < 4.78 is 25.5. The maximum atomic E-state index is 11.7. The highest BCUT2D eigenvalue weighted by molar-refractivity contribution is 7.89. The summed E-state index contributed by atoms with van der Waals surface area (Å²) in [7, 11) is -2.23. The molecule has 0 amide bonds. The van der Waals surface area contributed by atoms with Crippen LogP contribution in [0.2, 0.25) is 0 Å². The van der Waals surface area contributed by atoms with Crippen LogP contribution in [0.25, 0.3) is 0 Å². The van der Waals surface area contributed by atoms with E-state index >= 15 is 0 Å². The molecule has 0 bridgehead atoms. The molecule has 5 nitrogen and oxygen atoms in total. The molecule has 0 aliphatic carbocycles. The number of carbonyl (C=O) groups is 1. The average Bonchev–Trinajstić information content (AvgIpc) is 2.16. The minimum atomic E-state index is -3.54. The first-order chi connectivity index (χ1) is 7.29. The number of sulfonamides is 1. The molecule has 0 saturated heterocycles. The van der Waals surface area contributed by atoms with Crippen LogP contribution in [0.3, 0.4) is 0 Å². The molecule has 6 heteroatoms. The Morgan fingerprint density at radius 2 is 1.69 bits per heavy atom. The third-order valence-electron chi connectivity index (χ3n) is 2.24. The van der Waals surface area contributed by atoms with Crippen LogP contribution in [0.15, 0.2) is 17.0 Å². The van der Waals surface area contributed by atoms with E-state index < -0.39 is 16.0 Å². The number of benzene rings is 1. The van der Waals surface area contributed by atoms with E-state index in [0.29, 0.717) is 11.1 Å². The summed E-state index contributed by atoms with van der Waals surface area (Å²) in [5.41, 5.74) is 0.934. The van der Waals surface area contributed by atoms with Gasteiger partial charge in [-0.15, -0.1) is 0 Å². The van der Waals surface area contributed by atoms with Crippen LogP contribution >= 0.6 is 0 Å². The van der Waals surface area contributed by atoms with Gasteiger partial charge in [-0.2, -0.15) is 0 Å². The normalized spacial score (nSPS) is 11.4. The summed E-state index contributed by atoms with van der Waals surface area (Å²) in [5.74, 6) is -1.07. The van der Waals surface area contributed by atoms with Crippen LogP contribution < -0.4 is 4.72 Å². The van der Waals surface area contributed by atoms with E-state index in [2.05, 4.69) is 4.72 Å². The fraction of sp³-hybridized carbons (Fsp3) is 0.300. The van der Waals surface area contributed by atoms with Gasteiger partial charge in [-0.3, -0.25) is 0 Å². The first-order valence-electron chi connectivity index (χ1n) is 4.57. The molecule has 0 unspecified atom stereocenters. The zero-order valence-electron chi connectivity index (χ0n) is 9.23. The third kappa shape index (κ3) is 2.23. The van der Waals surface area contributed by atoms with Gasteiger partial charge >= 0.3 is 5.97 Å². The molecular formula is C10H13NO4S. The lowest BCUT2D eigenvalue weighted by Gasteiger charge is -2.10. The Hall–Kier alpha value is -1.40. The van der Waals surface area contributed by atoms with E-state index in [-0.39, 0.29) is 10.5 Å². The Morgan fingerprint density at radius 1 is 1.25 bits per heavy atom. The summed E-state index contributed by atoms with van der Waals surface area (Å²) >= 11 is 0. The van der Waals surface area contributed by atoms with Gasteiger partial charge in [0.05, 0.1) is 10.5 Å². The topological polar surface area (TPSA) is 83.5 Å². The van der Waals surface area contributed by atoms with Gasteiger partial charge in [0, 0.05) is 0 Å². The molecule has 0 saturated carbocycles. The Bertz CT molecular complexity index is 511. The fourth-order valence-electron chi connectivity index (χ4n) is 1.60. The maximum absolute atomic E-state index is 11.7. The molecule has 0 fully saturated rings. The van der Waals surface area contributed by atoms with Crippen molar-refractivity contribution in [2.24, 2.45) is 0 Å². The van der Waals surface area contributed by atoms with Crippen LogP contribution in [-0.4, -0.2) is 26.5 Å². The number of hydrogen-bond acceptors (Lipinski definition) is 3. The number of carboxylic acid groups (broad SMARTS) is 1. The van der Waals surface area contributed by atoms with Crippen molar-refractivity contribution >= 4 is 16.0 Å². The highest BCUT2D eigenvalue weighted by atomic mass is 32.2. The predicted molar refractivity (Wildman–Crippen MR) is 59.1 cm³/mol. The molecule has 1 aromatic rings. The highest BCUT2D eigenvalue weighted by Crippen LogP contribution is 2.21. The molecule has 88 valence electrons. The zero-order valence-corrected chi connectivity index (χ0v) is 10.1. The minimum Gasteiger partial charge on any atom is -0.478 e. The fourth-order valence-corrected chi connectivity index (χ4v) is 2.77. The summed E-state index contributed by atoms with van der Waals surface area (Å²) in [6.45, 7) is 3.15. The average molecular weight is 243 g/mol. The van der Waals surface area contributed by atoms with Gasteiger partial charge in [0.25, 0.3) is 0 Å². The van der Waals surface area contributed by atoms with Crippen molar-refractivity contribution in [3.63, 3.8) is 0 Å². The molecule has 0 atom stereocenters. The number of nitrogens with one attached hydrogen (secondary N) is 1. The molecule has 2 N–H and O–H groups in total. The zero-order chi connectivity index (χ0) is 12.5. The second-order valence-electron chi connectivity index (χ2n) is 3.45. The van der Waals surface area contributed by atoms with Crippen molar-refractivity contribution in [1.29, 1.82) is 0 Å². The summed E-state index contributed by atoms with van der Waals surface area (Å²) in [6, 6.07) is 2.69.